The van der Waals surface area contributed by atoms with Gasteiger partial charge in [-0.25, -0.2) is 0 Å². The van der Waals surface area contributed by atoms with Gasteiger partial charge in [0.25, 0.3) is 0 Å². The highest BCUT2D eigenvalue weighted by Crippen LogP contribution is 2.28. The van der Waals surface area contributed by atoms with Gasteiger partial charge in [-0.3, -0.25) is 0 Å². The molecule has 0 saturated carbocycles. The first kappa shape index (κ1) is 13.0. The molecule has 0 heterocycles. The molecule has 80 valence electrons. The van der Waals surface area contributed by atoms with Gasteiger partial charge < -0.3 is 0 Å². The maximum absolute atomic E-state index is 2.43. The lowest BCUT2D eigenvalue weighted by Gasteiger charge is -2.26. The molecule has 0 heteroatoms. The number of rotatable bonds is 6. The van der Waals surface area contributed by atoms with Crippen molar-refractivity contribution in [3.8, 4) is 0 Å². The van der Waals surface area contributed by atoms with E-state index in [1.54, 1.807) is 0 Å². The van der Waals surface area contributed by atoms with Gasteiger partial charge in [-0.15, -0.1) is 0 Å². The predicted octanol–water partition coefficient (Wildman–Crippen LogP) is 4.74. The van der Waals surface area contributed by atoms with Crippen molar-refractivity contribution >= 4 is 0 Å². The Labute approximate surface area is 85.1 Å². The SMILES string of the molecule is CCC(CC)C(C)CC(C)C(C)C. The molecular formula is C13H28. The molecule has 0 aromatic carbocycles. The molecule has 0 fully saturated rings. The van der Waals surface area contributed by atoms with Crippen LogP contribution in [0.3, 0.4) is 0 Å². The maximum atomic E-state index is 2.43. The minimum Gasteiger partial charge on any atom is -0.0651 e. The van der Waals surface area contributed by atoms with Crippen molar-refractivity contribution in [2.24, 2.45) is 23.7 Å². The molecule has 13 heavy (non-hydrogen) atoms. The van der Waals surface area contributed by atoms with E-state index in [1.165, 1.54) is 19.3 Å². The number of hydrogen-bond acceptors (Lipinski definition) is 0. The quantitative estimate of drug-likeness (QED) is 0.559. The zero-order valence-corrected chi connectivity index (χ0v) is 10.4. The molecule has 0 spiro atoms. The molecular weight excluding hydrogens is 156 g/mol. The Hall–Kier alpha value is 0. The molecule has 0 aromatic rings. The topological polar surface area (TPSA) is 0 Å². The Kier molecular flexibility index (Phi) is 6.45. The fraction of sp³-hybridized carbons (Fsp3) is 1.00. The van der Waals surface area contributed by atoms with Crippen LogP contribution in [0.5, 0.6) is 0 Å². The van der Waals surface area contributed by atoms with E-state index in [-0.39, 0.29) is 0 Å². The van der Waals surface area contributed by atoms with Gasteiger partial charge in [0, 0.05) is 0 Å². The molecule has 0 rings (SSSR count). The molecule has 0 saturated heterocycles. The summed E-state index contributed by atoms with van der Waals surface area (Å²) in [6, 6.07) is 0. The second-order valence-electron chi connectivity index (χ2n) is 5.01. The molecule has 0 radical (unpaired) electrons. The average Bonchev–Trinajstić information content (AvgIpc) is 2.06. The van der Waals surface area contributed by atoms with E-state index in [0.717, 1.165) is 23.7 Å². The standard InChI is InChI=1S/C13H28/c1-7-13(8-2)12(6)9-11(5)10(3)4/h10-13H,7-9H2,1-6H3. The largest absolute Gasteiger partial charge is 0.0651 e. The van der Waals surface area contributed by atoms with Crippen LogP contribution in [-0.2, 0) is 0 Å². The highest BCUT2D eigenvalue weighted by Gasteiger charge is 2.17. The van der Waals surface area contributed by atoms with Gasteiger partial charge in [-0.1, -0.05) is 54.4 Å². The Morgan fingerprint density at radius 1 is 0.769 bits per heavy atom. The van der Waals surface area contributed by atoms with E-state index < -0.39 is 0 Å². The molecule has 0 bridgehead atoms. The fourth-order valence-electron chi connectivity index (χ4n) is 2.14. The third-order valence-electron chi connectivity index (χ3n) is 3.74. The van der Waals surface area contributed by atoms with Gasteiger partial charge in [0.1, 0.15) is 0 Å². The van der Waals surface area contributed by atoms with Crippen LogP contribution in [-0.4, -0.2) is 0 Å². The van der Waals surface area contributed by atoms with Crippen molar-refractivity contribution in [1.29, 1.82) is 0 Å². The molecule has 0 amide bonds. The van der Waals surface area contributed by atoms with Crippen molar-refractivity contribution in [3.63, 3.8) is 0 Å². The van der Waals surface area contributed by atoms with Crippen molar-refractivity contribution in [3.05, 3.63) is 0 Å². The molecule has 0 aliphatic rings. The average molecular weight is 184 g/mol. The van der Waals surface area contributed by atoms with Crippen molar-refractivity contribution < 1.29 is 0 Å². The van der Waals surface area contributed by atoms with Gasteiger partial charge in [0.2, 0.25) is 0 Å². The zero-order chi connectivity index (χ0) is 10.4. The minimum absolute atomic E-state index is 0.844. The van der Waals surface area contributed by atoms with Gasteiger partial charge >= 0.3 is 0 Å². The van der Waals surface area contributed by atoms with Crippen molar-refractivity contribution in [1.82, 2.24) is 0 Å². The fourth-order valence-corrected chi connectivity index (χ4v) is 2.14. The van der Waals surface area contributed by atoms with Crippen molar-refractivity contribution in [2.75, 3.05) is 0 Å². The Morgan fingerprint density at radius 2 is 1.23 bits per heavy atom. The summed E-state index contributed by atoms with van der Waals surface area (Å²) in [6.45, 7) is 14.1. The molecule has 0 aliphatic heterocycles. The van der Waals surface area contributed by atoms with E-state index in [0.29, 0.717) is 0 Å². The zero-order valence-electron chi connectivity index (χ0n) is 10.4. The van der Waals surface area contributed by atoms with Crippen LogP contribution >= 0.6 is 0 Å². The molecule has 0 aliphatic carbocycles. The predicted molar refractivity (Wildman–Crippen MR) is 61.9 cm³/mol. The third-order valence-corrected chi connectivity index (χ3v) is 3.74. The summed E-state index contributed by atoms with van der Waals surface area (Å²) in [5, 5.41) is 0. The second kappa shape index (κ2) is 6.45. The van der Waals surface area contributed by atoms with E-state index in [1.807, 2.05) is 0 Å². The first-order valence-electron chi connectivity index (χ1n) is 6.02. The normalized spacial score (nSPS) is 16.6. The Bertz CT molecular complexity index is 111. The van der Waals surface area contributed by atoms with Gasteiger partial charge in [-0.05, 0) is 30.1 Å². The van der Waals surface area contributed by atoms with Crippen LogP contribution in [0, 0.1) is 23.7 Å². The summed E-state index contributed by atoms with van der Waals surface area (Å²) in [7, 11) is 0. The van der Waals surface area contributed by atoms with Crippen LogP contribution in [0.15, 0.2) is 0 Å². The van der Waals surface area contributed by atoms with Crippen LogP contribution in [0.4, 0.5) is 0 Å². The van der Waals surface area contributed by atoms with Crippen LogP contribution in [0.25, 0.3) is 0 Å². The summed E-state index contributed by atoms with van der Waals surface area (Å²) in [6.07, 6.45) is 4.11. The maximum Gasteiger partial charge on any atom is -0.0394 e. The minimum atomic E-state index is 0.844. The highest BCUT2D eigenvalue weighted by atomic mass is 14.2. The monoisotopic (exact) mass is 184 g/mol. The number of hydrogen-bond donors (Lipinski definition) is 0. The van der Waals surface area contributed by atoms with Crippen LogP contribution < -0.4 is 0 Å². The molecule has 2 atom stereocenters. The second-order valence-corrected chi connectivity index (χ2v) is 5.01. The van der Waals surface area contributed by atoms with Gasteiger partial charge in [0.15, 0.2) is 0 Å². The summed E-state index contributed by atoms with van der Waals surface area (Å²) in [4.78, 5) is 0. The molecule has 0 nitrogen and oxygen atoms in total. The third kappa shape index (κ3) is 4.69. The summed E-state index contributed by atoms with van der Waals surface area (Å²) >= 11 is 0. The first-order chi connectivity index (χ1) is 6.02. The first-order valence-corrected chi connectivity index (χ1v) is 6.02. The molecule has 0 N–H and O–H groups in total. The lowest BCUT2D eigenvalue weighted by molar-refractivity contribution is 0.249. The summed E-state index contributed by atoms with van der Waals surface area (Å²) < 4.78 is 0. The van der Waals surface area contributed by atoms with E-state index in [4.69, 9.17) is 0 Å². The Balaban J connectivity index is 3.89. The Morgan fingerprint density at radius 3 is 1.54 bits per heavy atom. The molecule has 2 unspecified atom stereocenters. The lowest BCUT2D eigenvalue weighted by atomic mass is 9.80. The lowest BCUT2D eigenvalue weighted by Crippen LogP contribution is -2.16. The van der Waals surface area contributed by atoms with E-state index >= 15 is 0 Å². The smallest absolute Gasteiger partial charge is 0.0394 e. The van der Waals surface area contributed by atoms with Gasteiger partial charge in [0.05, 0.1) is 0 Å². The highest BCUT2D eigenvalue weighted by molar-refractivity contribution is 4.68. The van der Waals surface area contributed by atoms with Crippen molar-refractivity contribution in [2.45, 2.75) is 60.8 Å². The molecule has 0 aromatic heterocycles. The van der Waals surface area contributed by atoms with Crippen LogP contribution in [0.2, 0.25) is 0 Å². The van der Waals surface area contributed by atoms with E-state index in [9.17, 15) is 0 Å². The summed E-state index contributed by atoms with van der Waals surface area (Å²) in [5.41, 5.74) is 0. The van der Waals surface area contributed by atoms with E-state index in [2.05, 4.69) is 41.5 Å². The van der Waals surface area contributed by atoms with Crippen LogP contribution in [0.1, 0.15) is 60.8 Å². The van der Waals surface area contributed by atoms with Gasteiger partial charge in [-0.2, -0.15) is 0 Å². The summed E-state index contributed by atoms with van der Waals surface area (Å²) in [5.74, 6) is 3.58.